The third-order valence-electron chi connectivity index (χ3n) is 5.89. The number of nitrogen functional groups attached to an aromatic ring is 1. The molecule has 1 aromatic heterocycles. The Kier molecular flexibility index (Phi) is 7.78. The number of Topliss-reactive ketones (excluding diaryl/α,β-unsaturated/α-hetero) is 1. The highest BCUT2D eigenvalue weighted by molar-refractivity contribution is 7.19. The van der Waals surface area contributed by atoms with Crippen molar-refractivity contribution in [1.82, 2.24) is 0 Å². The maximum absolute atomic E-state index is 13.5. The Morgan fingerprint density at radius 1 is 0.868 bits per heavy atom. The van der Waals surface area contributed by atoms with Gasteiger partial charge in [0.1, 0.15) is 15.6 Å². The van der Waals surface area contributed by atoms with Crippen molar-refractivity contribution in [3.8, 4) is 5.75 Å². The maximum atomic E-state index is 13.5. The van der Waals surface area contributed by atoms with E-state index in [4.69, 9.17) is 10.5 Å². The Hall–Kier alpha value is -4.63. The third-order valence-corrected chi connectivity index (χ3v) is 7.01. The minimum Gasteiger partial charge on any atom is -0.497 e. The molecule has 0 spiro atoms. The number of thiophene rings is 1. The summed E-state index contributed by atoms with van der Waals surface area (Å²) in [4.78, 5) is 38.7. The zero-order valence-corrected chi connectivity index (χ0v) is 22.3. The second-order valence-corrected chi connectivity index (χ2v) is 9.79. The van der Waals surface area contributed by atoms with Crippen molar-refractivity contribution in [3.05, 3.63) is 93.9 Å². The Balaban J connectivity index is 1.70. The summed E-state index contributed by atoms with van der Waals surface area (Å²) in [5.74, 6) is -0.368. The average Bonchev–Trinajstić information content (AvgIpc) is 3.22. The Labute approximate surface area is 224 Å². The first-order valence-electron chi connectivity index (χ1n) is 11.8. The van der Waals surface area contributed by atoms with Crippen LogP contribution in [0.4, 0.5) is 27.8 Å². The summed E-state index contributed by atoms with van der Waals surface area (Å²) in [6, 6.07) is 19.6. The van der Waals surface area contributed by atoms with E-state index in [1.807, 2.05) is 32.0 Å². The number of nitrogens with one attached hydrogen (secondary N) is 3. The van der Waals surface area contributed by atoms with E-state index in [0.717, 1.165) is 22.5 Å². The summed E-state index contributed by atoms with van der Waals surface area (Å²) < 4.78 is 5.22. The molecule has 9 heteroatoms. The van der Waals surface area contributed by atoms with Crippen molar-refractivity contribution >= 4 is 56.7 Å². The number of methoxy groups -OCH3 is 1. The second-order valence-electron chi connectivity index (χ2n) is 8.77. The minimum absolute atomic E-state index is 0.0500. The summed E-state index contributed by atoms with van der Waals surface area (Å²) in [6.07, 6.45) is 0. The van der Waals surface area contributed by atoms with Gasteiger partial charge in [0.25, 0.3) is 11.8 Å². The van der Waals surface area contributed by atoms with Gasteiger partial charge in [0.05, 0.1) is 18.4 Å². The molecule has 0 saturated carbocycles. The van der Waals surface area contributed by atoms with E-state index in [1.54, 1.807) is 55.6 Å². The number of carbonyl (C=O) groups is 3. The topological polar surface area (TPSA) is 123 Å². The predicted octanol–water partition coefficient (Wildman–Crippen LogP) is 6.41. The number of hydrogen-bond acceptors (Lipinski definition) is 7. The summed E-state index contributed by atoms with van der Waals surface area (Å²) in [5.41, 5.74) is 10.8. The van der Waals surface area contributed by atoms with Crippen LogP contribution in [0.2, 0.25) is 0 Å². The smallest absolute Gasteiger partial charge is 0.267 e. The van der Waals surface area contributed by atoms with Gasteiger partial charge in [0, 0.05) is 22.6 Å². The number of carbonyl (C=O) groups excluding carboxylic acids is 3. The van der Waals surface area contributed by atoms with E-state index < -0.39 is 11.8 Å². The van der Waals surface area contributed by atoms with Crippen LogP contribution in [0.5, 0.6) is 5.75 Å². The van der Waals surface area contributed by atoms with Crippen molar-refractivity contribution in [2.24, 2.45) is 0 Å². The maximum Gasteiger partial charge on any atom is 0.267 e. The molecule has 0 radical (unpaired) electrons. The molecule has 0 unspecified atom stereocenters. The molecule has 0 aliphatic carbocycles. The lowest BCUT2D eigenvalue weighted by atomic mass is 10.1. The molecule has 3 aromatic carbocycles. The standard InChI is InChI=1S/C29H28N4O4S/c1-16-8-9-17(2)23(14-16)33-27(35)24-25(30)26(28(36)31-21-7-5-6-19(15-21)18(3)34)38-29(24)32-20-10-12-22(37-4)13-11-20/h5-15,32H,30H2,1-4H3,(H,31,36)(H,33,35). The van der Waals surface area contributed by atoms with Gasteiger partial charge in [-0.25, -0.2) is 0 Å². The van der Waals surface area contributed by atoms with Crippen molar-refractivity contribution in [2.45, 2.75) is 20.8 Å². The lowest BCUT2D eigenvalue weighted by Gasteiger charge is -2.12. The van der Waals surface area contributed by atoms with Crippen LogP contribution in [-0.2, 0) is 0 Å². The van der Waals surface area contributed by atoms with E-state index in [9.17, 15) is 14.4 Å². The largest absolute Gasteiger partial charge is 0.497 e. The van der Waals surface area contributed by atoms with Crippen LogP contribution in [-0.4, -0.2) is 24.7 Å². The van der Waals surface area contributed by atoms with Crippen LogP contribution in [0, 0.1) is 13.8 Å². The van der Waals surface area contributed by atoms with Gasteiger partial charge in [-0.3, -0.25) is 14.4 Å². The quantitative estimate of drug-likeness (QED) is 0.196. The average molecular weight is 529 g/mol. The highest BCUT2D eigenvalue weighted by Crippen LogP contribution is 2.39. The van der Waals surface area contributed by atoms with Crippen LogP contribution in [0.15, 0.2) is 66.7 Å². The van der Waals surface area contributed by atoms with Crippen molar-refractivity contribution in [1.29, 1.82) is 0 Å². The fourth-order valence-corrected chi connectivity index (χ4v) is 4.82. The van der Waals surface area contributed by atoms with Gasteiger partial charge < -0.3 is 26.4 Å². The van der Waals surface area contributed by atoms with Crippen molar-refractivity contribution < 1.29 is 19.1 Å². The van der Waals surface area contributed by atoms with Crippen LogP contribution in [0.3, 0.4) is 0 Å². The van der Waals surface area contributed by atoms with E-state index in [-0.39, 0.29) is 21.9 Å². The summed E-state index contributed by atoms with van der Waals surface area (Å²) >= 11 is 1.07. The lowest BCUT2D eigenvalue weighted by Crippen LogP contribution is -2.17. The molecule has 4 aromatic rings. The predicted molar refractivity (Wildman–Crippen MR) is 153 cm³/mol. The minimum atomic E-state index is -0.489. The van der Waals surface area contributed by atoms with E-state index in [2.05, 4.69) is 16.0 Å². The van der Waals surface area contributed by atoms with E-state index in [1.165, 1.54) is 6.92 Å². The SMILES string of the molecule is COc1ccc(Nc2sc(C(=O)Nc3cccc(C(C)=O)c3)c(N)c2C(=O)Nc2cc(C)ccc2C)cc1. The van der Waals surface area contributed by atoms with Gasteiger partial charge in [-0.1, -0.05) is 24.3 Å². The Bertz CT molecular complexity index is 1530. The molecule has 0 saturated heterocycles. The van der Waals surface area contributed by atoms with Gasteiger partial charge in [-0.15, -0.1) is 11.3 Å². The highest BCUT2D eigenvalue weighted by atomic mass is 32.1. The van der Waals surface area contributed by atoms with Gasteiger partial charge in [0.15, 0.2) is 5.78 Å². The number of amides is 2. The normalized spacial score (nSPS) is 10.5. The molecule has 38 heavy (non-hydrogen) atoms. The molecule has 5 N–H and O–H groups in total. The number of rotatable bonds is 8. The van der Waals surface area contributed by atoms with Gasteiger partial charge >= 0.3 is 0 Å². The molecule has 8 nitrogen and oxygen atoms in total. The molecule has 0 bridgehead atoms. The molecule has 0 aliphatic rings. The van der Waals surface area contributed by atoms with Gasteiger partial charge in [0.2, 0.25) is 0 Å². The lowest BCUT2D eigenvalue weighted by molar-refractivity contribution is 0.101. The van der Waals surface area contributed by atoms with Gasteiger partial charge in [-0.2, -0.15) is 0 Å². The Morgan fingerprint density at radius 2 is 1.61 bits per heavy atom. The molecule has 0 fully saturated rings. The number of benzene rings is 3. The van der Waals surface area contributed by atoms with Crippen LogP contribution < -0.4 is 26.4 Å². The number of aryl methyl sites for hydroxylation is 2. The van der Waals surface area contributed by atoms with E-state index in [0.29, 0.717) is 33.4 Å². The number of nitrogens with two attached hydrogens (primary N) is 1. The Morgan fingerprint density at radius 3 is 2.29 bits per heavy atom. The fraction of sp³-hybridized carbons (Fsp3) is 0.138. The van der Waals surface area contributed by atoms with Crippen molar-refractivity contribution in [3.63, 3.8) is 0 Å². The first-order valence-corrected chi connectivity index (χ1v) is 12.6. The highest BCUT2D eigenvalue weighted by Gasteiger charge is 2.26. The van der Waals surface area contributed by atoms with Crippen LogP contribution in [0.25, 0.3) is 0 Å². The number of ketones is 1. The van der Waals surface area contributed by atoms with E-state index >= 15 is 0 Å². The fourth-order valence-electron chi connectivity index (χ4n) is 3.79. The zero-order chi connectivity index (χ0) is 27.4. The summed E-state index contributed by atoms with van der Waals surface area (Å²) in [6.45, 7) is 5.29. The molecule has 4 rings (SSSR count). The molecular formula is C29H28N4O4S. The molecule has 1 heterocycles. The second kappa shape index (κ2) is 11.2. The molecule has 0 atom stereocenters. The summed E-state index contributed by atoms with van der Waals surface area (Å²) in [5, 5.41) is 9.35. The molecule has 194 valence electrons. The molecular weight excluding hydrogens is 500 g/mol. The number of hydrogen-bond donors (Lipinski definition) is 4. The monoisotopic (exact) mass is 528 g/mol. The first-order chi connectivity index (χ1) is 18.2. The molecule has 0 aliphatic heterocycles. The van der Waals surface area contributed by atoms with Gasteiger partial charge in [-0.05, 0) is 74.4 Å². The molecule has 2 amide bonds. The zero-order valence-electron chi connectivity index (χ0n) is 21.5. The van der Waals surface area contributed by atoms with Crippen LogP contribution in [0.1, 0.15) is 48.4 Å². The third kappa shape index (κ3) is 5.84. The van der Waals surface area contributed by atoms with Crippen LogP contribution >= 0.6 is 11.3 Å². The first kappa shape index (κ1) is 26.4. The van der Waals surface area contributed by atoms with Crippen molar-refractivity contribution in [2.75, 3.05) is 28.8 Å². The number of anilines is 5. The number of ether oxygens (including phenoxy) is 1. The summed E-state index contributed by atoms with van der Waals surface area (Å²) in [7, 11) is 1.58.